The van der Waals surface area contributed by atoms with Gasteiger partial charge in [0.25, 0.3) is 0 Å². The molecule has 0 fully saturated rings. The van der Waals surface area contributed by atoms with Gasteiger partial charge in [0.05, 0.1) is 34.9 Å². The summed E-state index contributed by atoms with van der Waals surface area (Å²) in [6.45, 7) is 2.91. The van der Waals surface area contributed by atoms with E-state index < -0.39 is 6.10 Å². The van der Waals surface area contributed by atoms with Gasteiger partial charge in [0, 0.05) is 61.3 Å². The number of aliphatic hydroxyl groups excluding tert-OH is 3. The van der Waals surface area contributed by atoms with Crippen molar-refractivity contribution in [1.82, 2.24) is 10.3 Å². The van der Waals surface area contributed by atoms with E-state index in [1.165, 1.54) is 6.20 Å². The fraction of sp³-hybridized carbons (Fsp3) is 0.294. The monoisotopic (exact) mass is 651 g/mol. The molecule has 0 saturated carbocycles. The lowest BCUT2D eigenvalue weighted by Crippen LogP contribution is -2.29. The summed E-state index contributed by atoms with van der Waals surface area (Å²) >= 11 is 13.4. The Bertz CT molecular complexity index is 1630. The molecule has 0 spiro atoms. The Labute approximate surface area is 272 Å². The van der Waals surface area contributed by atoms with E-state index in [0.29, 0.717) is 52.4 Å². The van der Waals surface area contributed by atoms with Gasteiger partial charge in [-0.15, -0.1) is 0 Å². The van der Waals surface area contributed by atoms with Crippen LogP contribution in [-0.2, 0) is 19.8 Å². The van der Waals surface area contributed by atoms with Crippen LogP contribution in [0.5, 0.6) is 17.2 Å². The van der Waals surface area contributed by atoms with Crippen LogP contribution in [0.25, 0.3) is 11.1 Å². The second kappa shape index (κ2) is 17.0. The molecule has 9 nitrogen and oxygen atoms in total. The third-order valence-corrected chi connectivity index (χ3v) is 7.67. The summed E-state index contributed by atoms with van der Waals surface area (Å²) in [5.74, 6) is 1.47. The van der Waals surface area contributed by atoms with E-state index in [0.717, 1.165) is 33.4 Å². The molecule has 1 heterocycles. The largest absolute Gasteiger partial charge is 0.492 e. The lowest BCUT2D eigenvalue weighted by Gasteiger charge is -2.18. The number of hydrogen-bond donors (Lipinski definition) is 4. The Morgan fingerprint density at radius 2 is 1.69 bits per heavy atom. The molecule has 236 valence electrons. The number of aromatic nitrogens is 1. The van der Waals surface area contributed by atoms with E-state index >= 15 is 0 Å². The molecule has 0 aliphatic carbocycles. The number of halogens is 2. The second-order valence-electron chi connectivity index (χ2n) is 10.3. The number of pyridine rings is 1. The van der Waals surface area contributed by atoms with Gasteiger partial charge in [0.15, 0.2) is 0 Å². The first-order chi connectivity index (χ1) is 21.8. The second-order valence-corrected chi connectivity index (χ2v) is 11.0. The van der Waals surface area contributed by atoms with Crippen LogP contribution in [0.4, 0.5) is 0 Å². The third-order valence-electron chi connectivity index (χ3n) is 6.98. The minimum Gasteiger partial charge on any atom is -0.492 e. The van der Waals surface area contributed by atoms with Gasteiger partial charge in [-0.1, -0.05) is 53.5 Å². The number of nitriles is 1. The highest BCUT2D eigenvalue weighted by atomic mass is 35.5. The van der Waals surface area contributed by atoms with Crippen LogP contribution < -0.4 is 19.5 Å². The number of ether oxygens (including phenoxy) is 3. The quantitative estimate of drug-likeness (QED) is 0.114. The molecular formula is C34H35Cl2N3O6. The van der Waals surface area contributed by atoms with Crippen molar-refractivity contribution in [2.45, 2.75) is 39.2 Å². The van der Waals surface area contributed by atoms with Crippen molar-refractivity contribution in [3.8, 4) is 34.4 Å². The molecule has 4 aromatic rings. The Hall–Kier alpha value is -3.88. The van der Waals surface area contributed by atoms with Gasteiger partial charge in [-0.05, 0) is 41.8 Å². The average molecular weight is 653 g/mol. The molecule has 1 unspecified atom stereocenters. The molecule has 1 atom stereocenters. The molecular weight excluding hydrogens is 617 g/mol. The van der Waals surface area contributed by atoms with Crippen LogP contribution in [0.3, 0.4) is 0 Å². The molecule has 0 radical (unpaired) electrons. The van der Waals surface area contributed by atoms with Crippen molar-refractivity contribution in [1.29, 1.82) is 5.26 Å². The first-order valence-electron chi connectivity index (χ1n) is 14.4. The molecule has 3 aromatic carbocycles. The summed E-state index contributed by atoms with van der Waals surface area (Å²) in [5.41, 5.74) is 5.53. The number of benzene rings is 3. The van der Waals surface area contributed by atoms with E-state index in [1.807, 2.05) is 37.3 Å². The average Bonchev–Trinajstić information content (AvgIpc) is 3.05. The zero-order chi connectivity index (χ0) is 32.2. The maximum atomic E-state index is 9.73. The molecule has 45 heavy (non-hydrogen) atoms. The minimum atomic E-state index is -0.901. The highest BCUT2D eigenvalue weighted by Gasteiger charge is 2.16. The van der Waals surface area contributed by atoms with Crippen LogP contribution in [0.2, 0.25) is 10.0 Å². The Morgan fingerprint density at radius 1 is 0.911 bits per heavy atom. The fourth-order valence-corrected chi connectivity index (χ4v) is 5.07. The van der Waals surface area contributed by atoms with Gasteiger partial charge in [-0.2, -0.15) is 5.26 Å². The predicted molar refractivity (Wildman–Crippen MR) is 173 cm³/mol. The summed E-state index contributed by atoms with van der Waals surface area (Å²) in [6.07, 6.45) is 2.72. The summed E-state index contributed by atoms with van der Waals surface area (Å²) in [4.78, 5) is 4.09. The Kier molecular flexibility index (Phi) is 12.8. The number of rotatable bonds is 16. The predicted octanol–water partition coefficient (Wildman–Crippen LogP) is 5.60. The lowest BCUT2D eigenvalue weighted by molar-refractivity contribution is 0.0941. The van der Waals surface area contributed by atoms with Crippen LogP contribution in [-0.4, -0.2) is 52.8 Å². The topological polar surface area (TPSA) is 137 Å². The molecule has 0 amide bonds. The van der Waals surface area contributed by atoms with Crippen molar-refractivity contribution in [2.24, 2.45) is 0 Å². The molecule has 11 heteroatoms. The lowest BCUT2D eigenvalue weighted by atomic mass is 9.96. The van der Waals surface area contributed by atoms with Crippen molar-refractivity contribution in [3.05, 3.63) is 105 Å². The van der Waals surface area contributed by atoms with Gasteiger partial charge in [0.1, 0.15) is 36.5 Å². The molecule has 4 rings (SSSR count). The highest BCUT2D eigenvalue weighted by Crippen LogP contribution is 2.38. The molecule has 0 aliphatic rings. The van der Waals surface area contributed by atoms with Crippen molar-refractivity contribution in [3.63, 3.8) is 0 Å². The smallest absolute Gasteiger partial charge is 0.142 e. The van der Waals surface area contributed by atoms with Crippen molar-refractivity contribution >= 4 is 23.2 Å². The Balaban J connectivity index is 1.55. The van der Waals surface area contributed by atoms with E-state index in [-0.39, 0.29) is 33.0 Å². The minimum absolute atomic E-state index is 0.0398. The van der Waals surface area contributed by atoms with E-state index in [9.17, 15) is 10.4 Å². The zero-order valence-electron chi connectivity index (χ0n) is 24.8. The third kappa shape index (κ3) is 9.31. The molecule has 1 aromatic heterocycles. The normalized spacial score (nSPS) is 11.6. The van der Waals surface area contributed by atoms with Gasteiger partial charge >= 0.3 is 0 Å². The van der Waals surface area contributed by atoms with Crippen molar-refractivity contribution < 1.29 is 29.5 Å². The maximum Gasteiger partial charge on any atom is 0.142 e. The SMILES string of the molecule is Cc1c(COc2cc(OCc3cncc(C#N)c3)c(CNCC(O)CO)cc2Cl)cccc1-c1cccc(OCCCO)c1Cl. The molecule has 0 saturated heterocycles. The summed E-state index contributed by atoms with van der Waals surface area (Å²) < 4.78 is 18.1. The fourth-order valence-electron chi connectivity index (χ4n) is 4.55. The molecule has 0 aliphatic heterocycles. The van der Waals surface area contributed by atoms with Gasteiger partial charge in [0.2, 0.25) is 0 Å². The van der Waals surface area contributed by atoms with Crippen LogP contribution in [0.1, 0.15) is 34.2 Å². The van der Waals surface area contributed by atoms with Gasteiger partial charge in [-0.3, -0.25) is 4.98 Å². The van der Waals surface area contributed by atoms with Crippen LogP contribution >= 0.6 is 23.2 Å². The van der Waals surface area contributed by atoms with Crippen LogP contribution in [0, 0.1) is 18.3 Å². The molecule has 0 bridgehead atoms. The maximum absolute atomic E-state index is 9.73. The summed E-state index contributed by atoms with van der Waals surface area (Å²) in [7, 11) is 0. The van der Waals surface area contributed by atoms with Gasteiger partial charge < -0.3 is 34.8 Å². The standard InChI is InChI=1S/C34H35Cl2N3O6/c1-22-25(5-2-6-28(22)29-7-3-8-31(34(29)36)43-10-4-9-40)21-45-33-13-32(44-20-24-11-23(14-37)15-38-16-24)26(12-30(33)35)17-39-18-27(42)19-41/h2-3,5-8,11-13,15-16,27,39-42H,4,9-10,17-21H2,1H3. The van der Waals surface area contributed by atoms with Crippen molar-refractivity contribution in [2.75, 3.05) is 26.4 Å². The summed E-state index contributed by atoms with van der Waals surface area (Å²) in [6, 6.07) is 18.7. The Morgan fingerprint density at radius 3 is 2.47 bits per heavy atom. The highest BCUT2D eigenvalue weighted by molar-refractivity contribution is 6.35. The first-order valence-corrected chi connectivity index (χ1v) is 15.1. The van der Waals surface area contributed by atoms with E-state index in [2.05, 4.69) is 16.4 Å². The molecule has 4 N–H and O–H groups in total. The number of hydrogen-bond acceptors (Lipinski definition) is 9. The van der Waals surface area contributed by atoms with E-state index in [1.54, 1.807) is 30.5 Å². The number of aliphatic hydroxyl groups is 3. The summed E-state index contributed by atoms with van der Waals surface area (Å²) in [5, 5.41) is 41.1. The first kappa shape index (κ1) is 34.0. The van der Waals surface area contributed by atoms with Crippen LogP contribution in [0.15, 0.2) is 67.0 Å². The zero-order valence-corrected chi connectivity index (χ0v) is 26.3. The van der Waals surface area contributed by atoms with Gasteiger partial charge in [-0.25, -0.2) is 0 Å². The van der Waals surface area contributed by atoms with E-state index in [4.69, 9.17) is 47.6 Å². The number of nitrogens with one attached hydrogen (secondary N) is 1. The number of nitrogens with zero attached hydrogens (tertiary/aromatic N) is 2.